The number of halogens is 1. The van der Waals surface area contributed by atoms with Gasteiger partial charge in [-0.1, -0.05) is 13.3 Å². The maximum absolute atomic E-state index is 5.68. The molecule has 0 aromatic carbocycles. The van der Waals surface area contributed by atoms with Crippen LogP contribution < -0.4 is 5.32 Å². The topological polar surface area (TPSA) is 25.2 Å². The van der Waals surface area contributed by atoms with Crippen LogP contribution in [0.3, 0.4) is 0 Å². The van der Waals surface area contributed by atoms with Crippen LogP contribution in [0.4, 0.5) is 0 Å². The summed E-state index contributed by atoms with van der Waals surface area (Å²) in [7, 11) is 0. The molecule has 2 saturated carbocycles. The molecule has 2 aliphatic rings. The van der Waals surface area contributed by atoms with Crippen molar-refractivity contribution in [1.29, 1.82) is 0 Å². The van der Waals surface area contributed by atoms with E-state index in [1.165, 1.54) is 25.7 Å². The van der Waals surface area contributed by atoms with Crippen LogP contribution in [0.2, 0.25) is 0 Å². The first-order chi connectivity index (χ1) is 8.33. The van der Waals surface area contributed by atoms with E-state index in [9.17, 15) is 0 Å². The van der Waals surface area contributed by atoms with Crippen LogP contribution in [0, 0.1) is 17.8 Å². The number of fused-ring (bicyclic) bond motifs is 1. The first-order valence-corrected chi connectivity index (χ1v) is 7.58. The van der Waals surface area contributed by atoms with Gasteiger partial charge >= 0.3 is 0 Å². The Morgan fingerprint density at radius 2 is 2.24 bits per heavy atom. The van der Waals surface area contributed by atoms with Gasteiger partial charge in [-0.25, -0.2) is 0 Å². The lowest BCUT2D eigenvalue weighted by Gasteiger charge is -2.18. The van der Waals surface area contributed by atoms with Crippen molar-refractivity contribution in [3.63, 3.8) is 0 Å². The van der Waals surface area contributed by atoms with Crippen LogP contribution in [0.5, 0.6) is 0 Å². The molecule has 94 valence electrons. The Hall–Kier alpha value is -0.280. The van der Waals surface area contributed by atoms with E-state index in [0.29, 0.717) is 6.04 Å². The zero-order chi connectivity index (χ0) is 11.8. The first-order valence-electron chi connectivity index (χ1n) is 6.79. The molecule has 0 radical (unpaired) electrons. The molecular formula is C14H20BrNO. The van der Waals surface area contributed by atoms with Gasteiger partial charge in [0, 0.05) is 0 Å². The van der Waals surface area contributed by atoms with Crippen molar-refractivity contribution in [2.24, 2.45) is 17.8 Å². The summed E-state index contributed by atoms with van der Waals surface area (Å²) in [5, 5.41) is 3.68. The molecule has 2 aliphatic carbocycles. The number of nitrogens with one attached hydrogen (secondary N) is 1. The van der Waals surface area contributed by atoms with Gasteiger partial charge in [-0.2, -0.15) is 0 Å². The monoisotopic (exact) mass is 297 g/mol. The lowest BCUT2D eigenvalue weighted by molar-refractivity contribution is 0.348. The van der Waals surface area contributed by atoms with E-state index in [1.807, 2.05) is 6.07 Å². The Balaban J connectivity index is 1.76. The maximum Gasteiger partial charge on any atom is 0.135 e. The highest BCUT2D eigenvalue weighted by atomic mass is 79.9. The molecule has 0 bridgehead atoms. The number of hydrogen-bond acceptors (Lipinski definition) is 2. The molecule has 2 fully saturated rings. The fourth-order valence-corrected chi connectivity index (χ4v) is 4.05. The third-order valence-corrected chi connectivity index (χ3v) is 5.05. The highest BCUT2D eigenvalue weighted by molar-refractivity contribution is 9.10. The molecule has 1 aromatic rings. The summed E-state index contributed by atoms with van der Waals surface area (Å²) in [5.74, 6) is 3.85. The van der Waals surface area contributed by atoms with E-state index in [1.54, 1.807) is 6.26 Å². The Labute approximate surface area is 111 Å². The minimum atomic E-state index is 0.426. The van der Waals surface area contributed by atoms with Gasteiger partial charge in [0.1, 0.15) is 5.76 Å². The minimum Gasteiger partial charge on any atom is -0.466 e. The van der Waals surface area contributed by atoms with E-state index >= 15 is 0 Å². The van der Waals surface area contributed by atoms with E-state index in [0.717, 1.165) is 34.5 Å². The maximum atomic E-state index is 5.68. The molecule has 1 aromatic heterocycles. The highest BCUT2D eigenvalue weighted by Gasteiger charge is 2.56. The fraction of sp³-hybridized carbons (Fsp3) is 0.714. The molecule has 3 atom stereocenters. The Morgan fingerprint density at radius 3 is 2.82 bits per heavy atom. The Bertz CT molecular complexity index is 379. The molecule has 2 nitrogen and oxygen atoms in total. The van der Waals surface area contributed by atoms with Gasteiger partial charge in [-0.05, 0) is 65.6 Å². The number of furan rings is 1. The van der Waals surface area contributed by atoms with Gasteiger partial charge in [0.05, 0.1) is 16.8 Å². The summed E-state index contributed by atoms with van der Waals surface area (Å²) in [5.41, 5.74) is 0. The van der Waals surface area contributed by atoms with Gasteiger partial charge in [0.15, 0.2) is 0 Å². The standard InChI is InChI=1S/C14H20BrNO/c1-2-7-16-13(14-11(15)6-8-17-14)12-9-4-3-5-10(9)12/h6,8-10,12-13,16H,2-5,7H2,1H3. The van der Waals surface area contributed by atoms with E-state index in [4.69, 9.17) is 4.42 Å². The summed E-state index contributed by atoms with van der Waals surface area (Å²) >= 11 is 3.60. The van der Waals surface area contributed by atoms with Gasteiger partial charge in [-0.3, -0.25) is 0 Å². The molecule has 0 aliphatic heterocycles. The summed E-state index contributed by atoms with van der Waals surface area (Å²) in [6.07, 6.45) is 7.26. The van der Waals surface area contributed by atoms with Crippen molar-refractivity contribution < 1.29 is 4.42 Å². The Morgan fingerprint density at radius 1 is 1.47 bits per heavy atom. The zero-order valence-corrected chi connectivity index (χ0v) is 11.9. The molecule has 3 heteroatoms. The molecule has 1 N–H and O–H groups in total. The second-order valence-electron chi connectivity index (χ2n) is 5.40. The van der Waals surface area contributed by atoms with Crippen LogP contribution >= 0.6 is 15.9 Å². The Kier molecular flexibility index (Phi) is 3.31. The molecular weight excluding hydrogens is 278 g/mol. The van der Waals surface area contributed by atoms with Crippen molar-refractivity contribution in [3.05, 3.63) is 22.6 Å². The van der Waals surface area contributed by atoms with Crippen molar-refractivity contribution in [2.45, 2.75) is 38.6 Å². The van der Waals surface area contributed by atoms with Crippen LogP contribution in [-0.4, -0.2) is 6.54 Å². The average molecular weight is 298 g/mol. The van der Waals surface area contributed by atoms with E-state index < -0.39 is 0 Å². The quantitative estimate of drug-likeness (QED) is 0.884. The predicted molar refractivity (Wildman–Crippen MR) is 71.8 cm³/mol. The largest absolute Gasteiger partial charge is 0.466 e. The van der Waals surface area contributed by atoms with Gasteiger partial charge in [-0.15, -0.1) is 0 Å². The molecule has 0 saturated heterocycles. The van der Waals surface area contributed by atoms with Crippen molar-refractivity contribution in [2.75, 3.05) is 6.54 Å². The van der Waals surface area contributed by atoms with Crippen molar-refractivity contribution >= 4 is 15.9 Å². The molecule has 17 heavy (non-hydrogen) atoms. The SMILES string of the molecule is CCCNC(c1occc1Br)C1C2CCCC21. The lowest BCUT2D eigenvalue weighted by atomic mass is 10.0. The van der Waals surface area contributed by atoms with Crippen LogP contribution in [0.1, 0.15) is 44.4 Å². The third kappa shape index (κ3) is 2.08. The smallest absolute Gasteiger partial charge is 0.135 e. The fourth-order valence-electron chi connectivity index (χ4n) is 3.60. The second-order valence-corrected chi connectivity index (χ2v) is 6.25. The molecule has 3 rings (SSSR count). The molecule has 0 amide bonds. The molecule has 0 spiro atoms. The summed E-state index contributed by atoms with van der Waals surface area (Å²) in [6, 6.07) is 2.43. The van der Waals surface area contributed by atoms with E-state index in [2.05, 4.69) is 28.2 Å². The van der Waals surface area contributed by atoms with Crippen LogP contribution in [0.15, 0.2) is 21.2 Å². The molecule has 3 unspecified atom stereocenters. The van der Waals surface area contributed by atoms with Gasteiger partial charge in [0.25, 0.3) is 0 Å². The predicted octanol–water partition coefficient (Wildman–Crippen LogP) is 4.13. The van der Waals surface area contributed by atoms with Crippen LogP contribution in [0.25, 0.3) is 0 Å². The number of rotatable bonds is 5. The zero-order valence-electron chi connectivity index (χ0n) is 10.3. The second kappa shape index (κ2) is 4.77. The third-order valence-electron chi connectivity index (χ3n) is 4.40. The van der Waals surface area contributed by atoms with E-state index in [-0.39, 0.29) is 0 Å². The minimum absolute atomic E-state index is 0.426. The van der Waals surface area contributed by atoms with Crippen LogP contribution in [-0.2, 0) is 0 Å². The van der Waals surface area contributed by atoms with Crippen molar-refractivity contribution in [3.8, 4) is 0 Å². The summed E-state index contributed by atoms with van der Waals surface area (Å²) < 4.78 is 6.80. The summed E-state index contributed by atoms with van der Waals surface area (Å²) in [6.45, 7) is 3.29. The lowest BCUT2D eigenvalue weighted by Crippen LogP contribution is -2.25. The molecule has 1 heterocycles. The summed E-state index contributed by atoms with van der Waals surface area (Å²) in [4.78, 5) is 0. The van der Waals surface area contributed by atoms with Crippen molar-refractivity contribution in [1.82, 2.24) is 5.32 Å². The average Bonchev–Trinajstić information content (AvgIpc) is 2.71. The van der Waals surface area contributed by atoms with Gasteiger partial charge < -0.3 is 9.73 Å². The van der Waals surface area contributed by atoms with Gasteiger partial charge in [0.2, 0.25) is 0 Å². The first kappa shape index (κ1) is 11.8. The highest BCUT2D eigenvalue weighted by Crippen LogP contribution is 2.62. The number of hydrogen-bond donors (Lipinski definition) is 1. The normalized spacial score (nSPS) is 32.5.